The van der Waals surface area contributed by atoms with Gasteiger partial charge < -0.3 is 15.5 Å². The van der Waals surface area contributed by atoms with Crippen LogP contribution in [0.3, 0.4) is 0 Å². The average molecular weight is 668 g/mol. The quantitative estimate of drug-likeness (QED) is 0.154. The van der Waals surface area contributed by atoms with Gasteiger partial charge in [0, 0.05) is 42.7 Å². The number of carbonyl (C=O) groups is 6. The number of piperidine rings is 1. The van der Waals surface area contributed by atoms with Crippen LogP contribution in [0.1, 0.15) is 132 Å². The number of ketones is 4. The molecule has 1 unspecified atom stereocenters. The number of amides is 3. The lowest BCUT2D eigenvalue weighted by Gasteiger charge is -2.41. The van der Waals surface area contributed by atoms with Gasteiger partial charge in [-0.05, 0) is 54.3 Å². The summed E-state index contributed by atoms with van der Waals surface area (Å²) in [7, 11) is 0. The smallest absolute Gasteiger partial charge is 0.315 e. The van der Waals surface area contributed by atoms with E-state index in [1.54, 1.807) is 11.0 Å². The van der Waals surface area contributed by atoms with Gasteiger partial charge >= 0.3 is 6.03 Å². The van der Waals surface area contributed by atoms with E-state index in [-0.39, 0.29) is 54.0 Å². The first-order chi connectivity index (χ1) is 22.2. The number of urea groups is 1. The van der Waals surface area contributed by atoms with E-state index >= 15 is 0 Å². The summed E-state index contributed by atoms with van der Waals surface area (Å²) in [6.45, 7) is 19.7. The molecule has 4 rings (SSSR count). The topological polar surface area (TPSA) is 130 Å². The summed E-state index contributed by atoms with van der Waals surface area (Å²) in [5, 5.41) is 6.14. The molecule has 4 aliphatic rings. The maximum Gasteiger partial charge on any atom is 0.315 e. The van der Waals surface area contributed by atoms with Crippen LogP contribution in [0.5, 0.6) is 0 Å². The molecule has 3 aliphatic carbocycles. The molecule has 0 aromatic carbocycles. The molecule has 0 spiro atoms. The summed E-state index contributed by atoms with van der Waals surface area (Å²) in [5.41, 5.74) is -1.99. The van der Waals surface area contributed by atoms with Crippen LogP contribution in [-0.2, 0) is 24.0 Å². The van der Waals surface area contributed by atoms with E-state index in [0.29, 0.717) is 38.1 Å². The predicted molar refractivity (Wildman–Crippen MR) is 186 cm³/mol. The van der Waals surface area contributed by atoms with Crippen molar-refractivity contribution in [1.82, 2.24) is 15.5 Å². The number of Topliss-reactive ketones (excluding diaryl/α,β-unsaturated/α-hetero) is 4. The number of carbonyl (C=O) groups excluding carboxylic acids is 6. The highest BCUT2D eigenvalue weighted by molar-refractivity contribution is 6.38. The van der Waals surface area contributed by atoms with Gasteiger partial charge in [-0.15, -0.1) is 6.58 Å². The number of nitrogens with zero attached hydrogens (tertiary/aromatic N) is 1. The zero-order chi connectivity index (χ0) is 35.8. The van der Waals surface area contributed by atoms with Crippen molar-refractivity contribution in [2.75, 3.05) is 6.54 Å². The van der Waals surface area contributed by atoms with Gasteiger partial charge in [0.25, 0.3) is 0 Å². The van der Waals surface area contributed by atoms with Crippen molar-refractivity contribution in [2.45, 2.75) is 150 Å². The second-order valence-electron chi connectivity index (χ2n) is 18.1. The van der Waals surface area contributed by atoms with E-state index in [4.69, 9.17) is 0 Å². The predicted octanol–water partition coefficient (Wildman–Crippen LogP) is 6.37. The van der Waals surface area contributed by atoms with E-state index in [0.717, 1.165) is 32.1 Å². The van der Waals surface area contributed by atoms with Crippen LogP contribution in [0.2, 0.25) is 0 Å². The molecule has 0 radical (unpaired) electrons. The Bertz CT molecular complexity index is 1290. The maximum atomic E-state index is 14.5. The van der Waals surface area contributed by atoms with E-state index in [1.165, 1.54) is 0 Å². The summed E-state index contributed by atoms with van der Waals surface area (Å²) < 4.78 is 0. The van der Waals surface area contributed by atoms with Crippen molar-refractivity contribution < 1.29 is 28.8 Å². The third kappa shape index (κ3) is 8.65. The lowest BCUT2D eigenvalue weighted by Crippen LogP contribution is -2.62. The fraction of sp³-hybridized carbons (Fsp3) is 0.795. The van der Waals surface area contributed by atoms with Crippen molar-refractivity contribution in [3.05, 3.63) is 12.7 Å². The Kier molecular flexibility index (Phi) is 11.2. The maximum absolute atomic E-state index is 14.5. The van der Waals surface area contributed by atoms with Crippen molar-refractivity contribution in [3.8, 4) is 0 Å². The molecule has 1 aliphatic heterocycles. The molecule has 3 saturated carbocycles. The van der Waals surface area contributed by atoms with Crippen LogP contribution in [0.4, 0.5) is 4.79 Å². The molecule has 0 aromatic heterocycles. The normalized spacial score (nSPS) is 25.7. The molecule has 2 N–H and O–H groups in total. The molecule has 1 saturated heterocycles. The molecule has 3 amide bonds. The minimum Gasteiger partial charge on any atom is -0.332 e. The number of hydrogen-bond acceptors (Lipinski definition) is 6. The fourth-order valence-electron chi connectivity index (χ4n) is 8.24. The Hall–Kier alpha value is -2.84. The number of likely N-dealkylation sites (tertiary alicyclic amines) is 1. The van der Waals surface area contributed by atoms with Crippen LogP contribution in [0, 0.1) is 39.9 Å². The van der Waals surface area contributed by atoms with Crippen molar-refractivity contribution in [3.63, 3.8) is 0 Å². The van der Waals surface area contributed by atoms with Gasteiger partial charge in [-0.25, -0.2) is 4.79 Å². The molecule has 0 bridgehead atoms. The fourth-order valence-corrected chi connectivity index (χ4v) is 8.24. The van der Waals surface area contributed by atoms with Gasteiger partial charge in [0.2, 0.25) is 11.7 Å². The molecule has 1 heterocycles. The SMILES string of the molecule is C=CCCC(=O)C(=O)C(CC(=O)[C@@H]1[C@@H]2[C@H](CN1C(=O)[C@@H](NC(=O)NC1(CC(=O)C(C)(C)C)CCCCC1)C(C)(C)C)C2(C)C)CC1CC1. The molecule has 4 fully saturated rings. The number of allylic oxidation sites excluding steroid dienone is 1. The van der Waals surface area contributed by atoms with Crippen LogP contribution < -0.4 is 10.6 Å². The molecule has 48 heavy (non-hydrogen) atoms. The summed E-state index contributed by atoms with van der Waals surface area (Å²) in [5.74, 6) is -1.54. The first-order valence-corrected chi connectivity index (χ1v) is 18.3. The van der Waals surface area contributed by atoms with Gasteiger partial charge in [-0.2, -0.15) is 0 Å². The van der Waals surface area contributed by atoms with Crippen LogP contribution in [-0.4, -0.2) is 64.1 Å². The van der Waals surface area contributed by atoms with E-state index in [2.05, 4.69) is 31.1 Å². The minimum atomic E-state index is -0.920. The summed E-state index contributed by atoms with van der Waals surface area (Å²) in [6, 6.07) is -2.11. The molecular formula is C39H61N3O6. The number of nitrogens with one attached hydrogen (secondary N) is 2. The molecular weight excluding hydrogens is 606 g/mol. The Morgan fingerprint density at radius 2 is 1.58 bits per heavy atom. The van der Waals surface area contributed by atoms with Gasteiger partial charge in [0.1, 0.15) is 11.8 Å². The second-order valence-corrected chi connectivity index (χ2v) is 18.1. The van der Waals surface area contributed by atoms with Crippen LogP contribution >= 0.6 is 0 Å². The van der Waals surface area contributed by atoms with Crippen LogP contribution in [0.15, 0.2) is 12.7 Å². The summed E-state index contributed by atoms with van der Waals surface area (Å²) >= 11 is 0. The molecule has 9 heteroatoms. The Morgan fingerprint density at radius 1 is 0.958 bits per heavy atom. The van der Waals surface area contributed by atoms with Gasteiger partial charge in [-0.3, -0.25) is 24.0 Å². The molecule has 9 nitrogen and oxygen atoms in total. The van der Waals surface area contributed by atoms with Crippen LogP contribution in [0.25, 0.3) is 0 Å². The standard InChI is InChI=1S/C39H61N3O6/c1-10-11-15-27(43)32(46)25(20-24-16-17-24)21-28(44)31-30-26(38(30,8)9)23-42(31)34(47)33(37(5,6)7)40-35(48)41-39(18-13-12-14-19-39)22-29(45)36(2,3)4/h10,24-26,30-31,33H,1,11-23H2,2-9H3,(H2,40,41,48)/t25?,26-,30-,31+,33+/m0/s1. The highest BCUT2D eigenvalue weighted by Gasteiger charge is 2.69. The van der Waals surface area contributed by atoms with E-state index < -0.39 is 52.0 Å². The highest BCUT2D eigenvalue weighted by atomic mass is 16.2. The Morgan fingerprint density at radius 3 is 2.12 bits per heavy atom. The zero-order valence-corrected chi connectivity index (χ0v) is 30.8. The summed E-state index contributed by atoms with van der Waals surface area (Å²) in [4.78, 5) is 83.2. The average Bonchev–Trinajstić information content (AvgIpc) is 3.84. The minimum absolute atomic E-state index is 0.0366. The third-order valence-corrected chi connectivity index (χ3v) is 11.7. The second kappa shape index (κ2) is 14.2. The van der Waals surface area contributed by atoms with E-state index in [9.17, 15) is 28.8 Å². The molecule has 268 valence electrons. The summed E-state index contributed by atoms with van der Waals surface area (Å²) in [6.07, 6.45) is 9.12. The lowest BCUT2D eigenvalue weighted by molar-refractivity contribution is -0.144. The van der Waals surface area contributed by atoms with E-state index in [1.807, 2.05) is 41.5 Å². The highest BCUT2D eigenvalue weighted by Crippen LogP contribution is 2.65. The van der Waals surface area contributed by atoms with Crippen molar-refractivity contribution >= 4 is 35.1 Å². The van der Waals surface area contributed by atoms with Gasteiger partial charge in [0.15, 0.2) is 11.6 Å². The third-order valence-electron chi connectivity index (χ3n) is 11.7. The lowest BCUT2D eigenvalue weighted by atomic mass is 9.74. The monoisotopic (exact) mass is 667 g/mol. The van der Waals surface area contributed by atoms with Gasteiger partial charge in [0.05, 0.1) is 6.04 Å². The van der Waals surface area contributed by atoms with Crippen molar-refractivity contribution in [1.29, 1.82) is 0 Å². The number of fused-ring (bicyclic) bond motifs is 1. The Balaban J connectivity index is 1.53. The zero-order valence-electron chi connectivity index (χ0n) is 30.8. The largest absolute Gasteiger partial charge is 0.332 e. The Labute approximate surface area is 288 Å². The first kappa shape index (κ1) is 38.0. The molecule has 0 aromatic rings. The first-order valence-electron chi connectivity index (χ1n) is 18.3. The van der Waals surface area contributed by atoms with Crippen molar-refractivity contribution in [2.24, 2.45) is 39.9 Å². The number of rotatable bonds is 15. The number of hydrogen-bond donors (Lipinski definition) is 2. The molecule has 5 atom stereocenters. The van der Waals surface area contributed by atoms with Gasteiger partial charge in [-0.1, -0.05) is 93.6 Å².